The first-order valence-corrected chi connectivity index (χ1v) is 6.19. The number of nitrogens with one attached hydrogen (secondary N) is 2. The van der Waals surface area contributed by atoms with E-state index in [4.69, 9.17) is 11.6 Å². The number of H-pyrrole nitrogens is 1. The third kappa shape index (κ3) is 2.50. The molecule has 0 aliphatic rings. The molecular formula is C11H12ClN7. The van der Waals surface area contributed by atoms with Gasteiger partial charge in [-0.1, -0.05) is 0 Å². The second-order valence-corrected chi connectivity index (χ2v) is 4.44. The lowest BCUT2D eigenvalue weighted by Gasteiger charge is -2.05. The molecule has 3 heterocycles. The van der Waals surface area contributed by atoms with Gasteiger partial charge in [0, 0.05) is 26.2 Å². The van der Waals surface area contributed by atoms with E-state index >= 15 is 0 Å². The first kappa shape index (κ1) is 11.9. The van der Waals surface area contributed by atoms with Gasteiger partial charge in [0.25, 0.3) is 0 Å². The molecule has 8 heteroatoms. The molecule has 0 saturated carbocycles. The Morgan fingerprint density at radius 3 is 3.11 bits per heavy atom. The minimum atomic E-state index is 0.180. The van der Waals surface area contributed by atoms with E-state index in [1.54, 1.807) is 11.0 Å². The average Bonchev–Trinajstić information content (AvgIpc) is 2.98. The second kappa shape index (κ2) is 4.85. The normalized spacial score (nSPS) is 11.1. The van der Waals surface area contributed by atoms with Crippen molar-refractivity contribution >= 4 is 28.6 Å². The largest absolute Gasteiger partial charge is 0.368 e. The highest BCUT2D eigenvalue weighted by Gasteiger charge is 2.08. The maximum atomic E-state index is 5.85. The van der Waals surface area contributed by atoms with Crippen LogP contribution in [0, 0.1) is 0 Å². The number of imidazole rings is 1. The van der Waals surface area contributed by atoms with Crippen LogP contribution in [-0.4, -0.2) is 36.3 Å². The fourth-order valence-corrected chi connectivity index (χ4v) is 2.00. The molecule has 0 atom stereocenters. The van der Waals surface area contributed by atoms with Crippen LogP contribution >= 0.6 is 11.6 Å². The molecule has 0 bridgehead atoms. The number of hydrogen-bond donors (Lipinski definition) is 2. The fourth-order valence-electron chi connectivity index (χ4n) is 1.84. The van der Waals surface area contributed by atoms with Gasteiger partial charge in [-0.25, -0.2) is 4.98 Å². The molecule has 0 fully saturated rings. The van der Waals surface area contributed by atoms with E-state index in [1.165, 1.54) is 0 Å². The van der Waals surface area contributed by atoms with E-state index in [-0.39, 0.29) is 5.28 Å². The number of rotatable bonds is 4. The molecule has 0 radical (unpaired) electrons. The fraction of sp³-hybridized carbons (Fsp3) is 0.273. The first-order valence-electron chi connectivity index (χ1n) is 5.81. The minimum absolute atomic E-state index is 0.180. The highest BCUT2D eigenvalue weighted by molar-refractivity contribution is 6.28. The SMILES string of the molecule is Cn1ccc(CCNc2nc(Cl)nc3nc[nH]c23)n1. The molecule has 3 aromatic heterocycles. The molecule has 3 aromatic rings. The van der Waals surface area contributed by atoms with Crippen molar-refractivity contribution in [1.29, 1.82) is 0 Å². The Morgan fingerprint density at radius 1 is 1.42 bits per heavy atom. The summed E-state index contributed by atoms with van der Waals surface area (Å²) in [5.41, 5.74) is 2.33. The number of nitrogens with zero attached hydrogens (tertiary/aromatic N) is 5. The van der Waals surface area contributed by atoms with Crippen molar-refractivity contribution in [3.63, 3.8) is 0 Å². The van der Waals surface area contributed by atoms with Crippen molar-refractivity contribution < 1.29 is 0 Å². The minimum Gasteiger partial charge on any atom is -0.368 e. The van der Waals surface area contributed by atoms with Crippen molar-refractivity contribution in [1.82, 2.24) is 29.7 Å². The Balaban J connectivity index is 1.73. The van der Waals surface area contributed by atoms with E-state index in [1.807, 2.05) is 19.3 Å². The van der Waals surface area contributed by atoms with E-state index in [0.717, 1.165) is 17.6 Å². The molecule has 0 aliphatic heterocycles. The third-order valence-electron chi connectivity index (χ3n) is 2.70. The van der Waals surface area contributed by atoms with Gasteiger partial charge in [-0.05, 0) is 17.7 Å². The lowest BCUT2D eigenvalue weighted by molar-refractivity contribution is 0.742. The van der Waals surface area contributed by atoms with Crippen LogP contribution in [0.2, 0.25) is 5.28 Å². The van der Waals surface area contributed by atoms with Gasteiger partial charge in [-0.3, -0.25) is 4.68 Å². The van der Waals surface area contributed by atoms with E-state index < -0.39 is 0 Å². The summed E-state index contributed by atoms with van der Waals surface area (Å²) < 4.78 is 1.78. The third-order valence-corrected chi connectivity index (χ3v) is 2.87. The van der Waals surface area contributed by atoms with Crippen LogP contribution in [0.25, 0.3) is 11.2 Å². The predicted molar refractivity (Wildman–Crippen MR) is 72.1 cm³/mol. The number of aromatic amines is 1. The van der Waals surface area contributed by atoms with Gasteiger partial charge in [0.15, 0.2) is 11.5 Å². The zero-order valence-electron chi connectivity index (χ0n) is 10.3. The maximum Gasteiger partial charge on any atom is 0.226 e. The summed E-state index contributed by atoms with van der Waals surface area (Å²) in [5.74, 6) is 0.656. The van der Waals surface area contributed by atoms with Crippen molar-refractivity contribution in [3.8, 4) is 0 Å². The monoisotopic (exact) mass is 277 g/mol. The molecule has 0 aromatic carbocycles. The summed E-state index contributed by atoms with van der Waals surface area (Å²) in [6.45, 7) is 0.707. The smallest absolute Gasteiger partial charge is 0.226 e. The average molecular weight is 278 g/mol. The zero-order chi connectivity index (χ0) is 13.2. The number of aromatic nitrogens is 6. The highest BCUT2D eigenvalue weighted by atomic mass is 35.5. The van der Waals surface area contributed by atoms with Gasteiger partial charge in [0.05, 0.1) is 12.0 Å². The molecule has 0 spiro atoms. The van der Waals surface area contributed by atoms with Crippen LogP contribution in [0.5, 0.6) is 0 Å². The van der Waals surface area contributed by atoms with Crippen LogP contribution in [0.15, 0.2) is 18.6 Å². The Kier molecular flexibility index (Phi) is 3.04. The molecule has 19 heavy (non-hydrogen) atoms. The Labute approximate surface area is 114 Å². The number of hydrogen-bond acceptors (Lipinski definition) is 5. The number of fused-ring (bicyclic) bond motifs is 1. The van der Waals surface area contributed by atoms with E-state index in [2.05, 4.69) is 30.4 Å². The zero-order valence-corrected chi connectivity index (χ0v) is 11.0. The summed E-state index contributed by atoms with van der Waals surface area (Å²) in [7, 11) is 1.90. The van der Waals surface area contributed by atoms with Crippen LogP contribution < -0.4 is 5.32 Å². The molecule has 3 rings (SSSR count). The highest BCUT2D eigenvalue weighted by Crippen LogP contribution is 2.18. The Bertz CT molecular complexity index is 702. The predicted octanol–water partition coefficient (Wildman–Crippen LogP) is 1.39. The van der Waals surface area contributed by atoms with Crippen molar-refractivity contribution in [2.45, 2.75) is 6.42 Å². The van der Waals surface area contributed by atoms with Crippen molar-refractivity contribution in [2.24, 2.45) is 7.05 Å². The van der Waals surface area contributed by atoms with Gasteiger partial charge >= 0.3 is 0 Å². The van der Waals surface area contributed by atoms with Gasteiger partial charge in [0.1, 0.15) is 5.52 Å². The van der Waals surface area contributed by atoms with Crippen LogP contribution in [0.3, 0.4) is 0 Å². The van der Waals surface area contributed by atoms with Gasteiger partial charge in [0.2, 0.25) is 5.28 Å². The topological polar surface area (TPSA) is 84.3 Å². The van der Waals surface area contributed by atoms with Gasteiger partial charge in [-0.2, -0.15) is 15.1 Å². The van der Waals surface area contributed by atoms with Crippen molar-refractivity contribution in [2.75, 3.05) is 11.9 Å². The van der Waals surface area contributed by atoms with E-state index in [0.29, 0.717) is 18.0 Å². The van der Waals surface area contributed by atoms with Gasteiger partial charge < -0.3 is 10.3 Å². The molecule has 7 nitrogen and oxygen atoms in total. The summed E-state index contributed by atoms with van der Waals surface area (Å²) in [4.78, 5) is 15.2. The van der Waals surface area contributed by atoms with E-state index in [9.17, 15) is 0 Å². The maximum absolute atomic E-state index is 5.85. The summed E-state index contributed by atoms with van der Waals surface area (Å²) in [5, 5.41) is 7.71. The lowest BCUT2D eigenvalue weighted by atomic mass is 10.3. The Morgan fingerprint density at radius 2 is 2.32 bits per heavy atom. The molecular weight excluding hydrogens is 266 g/mol. The molecule has 0 aliphatic carbocycles. The molecule has 2 N–H and O–H groups in total. The standard InChI is InChI=1S/C11H12ClN7/c1-19-5-3-7(18-19)2-4-13-9-8-10(15-6-14-8)17-11(12)16-9/h3,5-6H,2,4H2,1H3,(H2,13,14,15,16,17). The number of halogens is 1. The number of aryl methyl sites for hydroxylation is 1. The Hall–Kier alpha value is -2.15. The second-order valence-electron chi connectivity index (χ2n) is 4.10. The van der Waals surface area contributed by atoms with Crippen molar-refractivity contribution in [3.05, 3.63) is 29.6 Å². The summed E-state index contributed by atoms with van der Waals surface area (Å²) in [6.07, 6.45) is 4.29. The summed E-state index contributed by atoms with van der Waals surface area (Å²) in [6, 6.07) is 1.99. The molecule has 98 valence electrons. The first-order chi connectivity index (χ1) is 9.22. The number of anilines is 1. The van der Waals surface area contributed by atoms with Crippen LogP contribution in [0.1, 0.15) is 5.69 Å². The van der Waals surface area contributed by atoms with Crippen LogP contribution in [-0.2, 0) is 13.5 Å². The molecule has 0 unspecified atom stereocenters. The molecule has 0 amide bonds. The molecule has 0 saturated heterocycles. The van der Waals surface area contributed by atoms with Crippen LogP contribution in [0.4, 0.5) is 5.82 Å². The quantitative estimate of drug-likeness (QED) is 0.704. The lowest BCUT2D eigenvalue weighted by Crippen LogP contribution is -2.08. The summed E-state index contributed by atoms with van der Waals surface area (Å²) >= 11 is 5.85. The van der Waals surface area contributed by atoms with Gasteiger partial charge in [-0.15, -0.1) is 0 Å².